The van der Waals surface area contributed by atoms with Gasteiger partial charge in [-0.2, -0.15) is 0 Å². The Kier molecular flexibility index (Phi) is 4.38. The highest BCUT2D eigenvalue weighted by molar-refractivity contribution is 6.81. The Bertz CT molecular complexity index is 174. The maximum atomic E-state index is 3.50. The van der Waals surface area contributed by atoms with Gasteiger partial charge < -0.3 is 9.88 Å². The molecule has 0 aliphatic carbocycles. The molecule has 1 fully saturated rings. The van der Waals surface area contributed by atoms with Gasteiger partial charge in [0.05, 0.1) is 0 Å². The van der Waals surface area contributed by atoms with Crippen LogP contribution >= 0.6 is 0 Å². The van der Waals surface area contributed by atoms with E-state index in [-0.39, 0.29) is 0 Å². The summed E-state index contributed by atoms with van der Waals surface area (Å²) in [7, 11) is -1.32. The number of nitrogens with zero attached hydrogens (tertiary/aromatic N) is 1. The molecule has 90 valence electrons. The number of hydrogen-bond donors (Lipinski definition) is 1. The molecule has 0 bridgehead atoms. The van der Waals surface area contributed by atoms with Crippen LogP contribution in [0.3, 0.4) is 0 Å². The minimum absolute atomic E-state index is 0.845. The lowest BCUT2D eigenvalue weighted by atomic mass is 10.5. The van der Waals surface area contributed by atoms with Crippen molar-refractivity contribution in [2.75, 3.05) is 19.8 Å². The topological polar surface area (TPSA) is 15.3 Å². The summed E-state index contributed by atoms with van der Waals surface area (Å²) in [6.45, 7) is 18.2. The summed E-state index contributed by atoms with van der Waals surface area (Å²) >= 11 is 0. The zero-order valence-corrected chi connectivity index (χ0v) is 12.3. The fourth-order valence-corrected chi connectivity index (χ4v) is 11.0. The molecule has 0 aromatic carbocycles. The van der Waals surface area contributed by atoms with Gasteiger partial charge in [-0.05, 0) is 16.6 Å². The lowest BCUT2D eigenvalue weighted by Crippen LogP contribution is -2.59. The van der Waals surface area contributed by atoms with Gasteiger partial charge in [-0.3, -0.25) is 0 Å². The molecule has 3 heteroatoms. The predicted molar refractivity (Wildman–Crippen MR) is 70.6 cm³/mol. The van der Waals surface area contributed by atoms with Crippen LogP contribution in [0.2, 0.25) is 16.6 Å². The third kappa shape index (κ3) is 2.15. The maximum Gasteiger partial charge on any atom is 0.137 e. The van der Waals surface area contributed by atoms with E-state index in [2.05, 4.69) is 51.4 Å². The van der Waals surface area contributed by atoms with E-state index < -0.39 is 8.24 Å². The Labute approximate surface area is 96.5 Å². The zero-order chi connectivity index (χ0) is 11.6. The number of rotatable bonds is 4. The van der Waals surface area contributed by atoms with Crippen LogP contribution < -0.4 is 5.32 Å². The Hall–Kier alpha value is 0.137. The van der Waals surface area contributed by atoms with Crippen molar-refractivity contribution < 1.29 is 0 Å². The average molecular weight is 228 g/mol. The molecular weight excluding hydrogens is 200 g/mol. The van der Waals surface area contributed by atoms with E-state index in [1.807, 2.05) is 0 Å². The molecule has 1 aliphatic rings. The fourth-order valence-electron chi connectivity index (χ4n) is 3.93. The quantitative estimate of drug-likeness (QED) is 0.744. The van der Waals surface area contributed by atoms with Crippen LogP contribution in [0.25, 0.3) is 0 Å². The smallest absolute Gasteiger partial charge is 0.137 e. The van der Waals surface area contributed by atoms with Crippen LogP contribution in [0.15, 0.2) is 0 Å². The Morgan fingerprint density at radius 1 is 0.933 bits per heavy atom. The second kappa shape index (κ2) is 4.98. The van der Waals surface area contributed by atoms with Crippen LogP contribution in [0.5, 0.6) is 0 Å². The Morgan fingerprint density at radius 3 is 1.67 bits per heavy atom. The molecule has 0 radical (unpaired) electrons. The predicted octanol–water partition coefficient (Wildman–Crippen LogP) is 3.02. The van der Waals surface area contributed by atoms with Crippen LogP contribution in [-0.4, -0.2) is 32.6 Å². The van der Waals surface area contributed by atoms with E-state index >= 15 is 0 Å². The SMILES string of the molecule is CC(C)[Si](C(C)C)(C(C)C)N1CCNC1. The van der Waals surface area contributed by atoms with E-state index in [0.29, 0.717) is 0 Å². The monoisotopic (exact) mass is 228 g/mol. The summed E-state index contributed by atoms with van der Waals surface area (Å²) in [5, 5.41) is 3.50. The molecule has 0 amide bonds. The van der Waals surface area contributed by atoms with E-state index in [4.69, 9.17) is 0 Å². The van der Waals surface area contributed by atoms with Gasteiger partial charge in [-0.25, -0.2) is 0 Å². The van der Waals surface area contributed by atoms with Gasteiger partial charge >= 0.3 is 0 Å². The van der Waals surface area contributed by atoms with Crippen molar-refractivity contribution in [3.05, 3.63) is 0 Å². The first-order chi connectivity index (χ1) is 6.94. The van der Waals surface area contributed by atoms with Crippen molar-refractivity contribution in [2.24, 2.45) is 0 Å². The highest BCUT2D eigenvalue weighted by Crippen LogP contribution is 2.43. The molecule has 0 unspecified atom stereocenters. The first-order valence-corrected chi connectivity index (χ1v) is 8.57. The van der Waals surface area contributed by atoms with E-state index in [1.165, 1.54) is 13.1 Å². The van der Waals surface area contributed by atoms with Gasteiger partial charge in [0.15, 0.2) is 0 Å². The molecular formula is C12H28N2Si. The standard InChI is InChI=1S/C12H28N2Si/c1-10(2)15(11(3)4,12(5)6)14-8-7-13-9-14/h10-13H,7-9H2,1-6H3. The van der Waals surface area contributed by atoms with Crippen LogP contribution in [0.4, 0.5) is 0 Å². The van der Waals surface area contributed by atoms with Crippen LogP contribution in [-0.2, 0) is 0 Å². The fraction of sp³-hybridized carbons (Fsp3) is 1.00. The number of hydrogen-bond acceptors (Lipinski definition) is 2. The second-order valence-electron chi connectivity index (χ2n) is 5.77. The normalized spacial score (nSPS) is 19.8. The first-order valence-electron chi connectivity index (χ1n) is 6.39. The summed E-state index contributed by atoms with van der Waals surface area (Å²) in [4.78, 5) is 0. The van der Waals surface area contributed by atoms with Gasteiger partial charge in [-0.1, -0.05) is 41.5 Å². The Balaban J connectivity index is 3.00. The molecule has 2 nitrogen and oxygen atoms in total. The Morgan fingerprint density at radius 2 is 1.40 bits per heavy atom. The van der Waals surface area contributed by atoms with Gasteiger partial charge in [0.2, 0.25) is 0 Å². The summed E-state index contributed by atoms with van der Waals surface area (Å²) in [6, 6.07) is 0. The minimum Gasteiger partial charge on any atom is -0.309 e. The van der Waals surface area contributed by atoms with E-state index in [0.717, 1.165) is 23.3 Å². The van der Waals surface area contributed by atoms with Crippen LogP contribution in [0, 0.1) is 0 Å². The van der Waals surface area contributed by atoms with Crippen molar-refractivity contribution in [1.29, 1.82) is 0 Å². The molecule has 0 aromatic rings. The molecule has 0 atom stereocenters. The third-order valence-electron chi connectivity index (χ3n) is 4.18. The van der Waals surface area contributed by atoms with Gasteiger partial charge in [-0.15, -0.1) is 0 Å². The van der Waals surface area contributed by atoms with E-state index in [9.17, 15) is 0 Å². The summed E-state index contributed by atoms with van der Waals surface area (Å²) < 4.78 is 2.80. The molecule has 1 saturated heterocycles. The molecule has 0 spiro atoms. The lowest BCUT2D eigenvalue weighted by Gasteiger charge is -2.49. The molecule has 1 heterocycles. The first kappa shape index (κ1) is 13.2. The van der Waals surface area contributed by atoms with Gasteiger partial charge in [0.25, 0.3) is 0 Å². The van der Waals surface area contributed by atoms with E-state index in [1.54, 1.807) is 0 Å². The van der Waals surface area contributed by atoms with Gasteiger partial charge in [0, 0.05) is 19.8 Å². The lowest BCUT2D eigenvalue weighted by molar-refractivity contribution is 0.463. The third-order valence-corrected chi connectivity index (χ3v) is 11.2. The minimum atomic E-state index is -1.32. The van der Waals surface area contributed by atoms with Crippen molar-refractivity contribution in [1.82, 2.24) is 9.88 Å². The van der Waals surface area contributed by atoms with Crippen molar-refractivity contribution in [3.63, 3.8) is 0 Å². The van der Waals surface area contributed by atoms with Crippen molar-refractivity contribution >= 4 is 8.24 Å². The summed E-state index contributed by atoms with van der Waals surface area (Å²) in [5.41, 5.74) is 2.53. The molecule has 15 heavy (non-hydrogen) atoms. The van der Waals surface area contributed by atoms with Gasteiger partial charge in [0.1, 0.15) is 8.24 Å². The molecule has 1 rings (SSSR count). The van der Waals surface area contributed by atoms with Crippen LogP contribution in [0.1, 0.15) is 41.5 Å². The maximum absolute atomic E-state index is 3.50. The average Bonchev–Trinajstić information content (AvgIpc) is 2.55. The largest absolute Gasteiger partial charge is 0.309 e. The van der Waals surface area contributed by atoms with Crippen molar-refractivity contribution in [2.45, 2.75) is 58.2 Å². The molecule has 1 aliphatic heterocycles. The van der Waals surface area contributed by atoms with Crippen molar-refractivity contribution in [3.8, 4) is 0 Å². The zero-order valence-electron chi connectivity index (χ0n) is 11.3. The molecule has 1 N–H and O–H groups in total. The number of nitrogens with one attached hydrogen (secondary N) is 1. The second-order valence-corrected chi connectivity index (χ2v) is 11.6. The highest BCUT2D eigenvalue weighted by atomic mass is 28.3. The molecule has 0 aromatic heterocycles. The highest BCUT2D eigenvalue weighted by Gasteiger charge is 2.48. The molecule has 0 saturated carbocycles. The summed E-state index contributed by atoms with van der Waals surface area (Å²) in [5.74, 6) is 0. The summed E-state index contributed by atoms with van der Waals surface area (Å²) in [6.07, 6.45) is 0.